The van der Waals surface area contributed by atoms with Crippen LogP contribution in [-0.4, -0.2) is 60.6 Å². The topological polar surface area (TPSA) is 18.5 Å². The second-order valence-electron chi connectivity index (χ2n) is 6.52. The van der Waals surface area contributed by atoms with E-state index in [1.165, 1.54) is 26.1 Å². The molecule has 3 nitrogen and oxygen atoms in total. The summed E-state index contributed by atoms with van der Waals surface area (Å²) >= 11 is 0. The summed E-state index contributed by atoms with van der Waals surface area (Å²) in [6.07, 6.45) is 1.26. The monoisotopic (exact) mass is 241 g/mol. The van der Waals surface area contributed by atoms with Crippen LogP contribution in [0.15, 0.2) is 0 Å². The van der Waals surface area contributed by atoms with Crippen molar-refractivity contribution in [2.75, 3.05) is 33.2 Å². The van der Waals surface area contributed by atoms with Crippen molar-refractivity contribution in [3.8, 4) is 0 Å². The third-order valence-corrected chi connectivity index (χ3v) is 3.83. The molecule has 1 N–H and O–H groups in total. The van der Waals surface area contributed by atoms with E-state index in [-0.39, 0.29) is 5.54 Å². The minimum atomic E-state index is 0.227. The molecule has 0 spiro atoms. The van der Waals surface area contributed by atoms with Crippen molar-refractivity contribution >= 4 is 0 Å². The predicted molar refractivity (Wildman–Crippen MR) is 75.5 cm³/mol. The van der Waals surface area contributed by atoms with Crippen LogP contribution in [0, 0.1) is 0 Å². The van der Waals surface area contributed by atoms with Gasteiger partial charge in [0.2, 0.25) is 0 Å². The van der Waals surface area contributed by atoms with E-state index in [2.05, 4.69) is 56.8 Å². The highest BCUT2D eigenvalue weighted by Gasteiger charge is 2.26. The lowest BCUT2D eigenvalue weighted by Gasteiger charge is -2.42. The van der Waals surface area contributed by atoms with Crippen molar-refractivity contribution in [2.24, 2.45) is 0 Å². The van der Waals surface area contributed by atoms with Crippen molar-refractivity contribution in [3.05, 3.63) is 0 Å². The Kier molecular flexibility index (Phi) is 5.42. The molecule has 17 heavy (non-hydrogen) atoms. The Morgan fingerprint density at radius 1 is 1.29 bits per heavy atom. The van der Waals surface area contributed by atoms with E-state index in [1.807, 2.05) is 0 Å². The van der Waals surface area contributed by atoms with E-state index in [4.69, 9.17) is 0 Å². The highest BCUT2D eigenvalue weighted by atomic mass is 15.3. The Morgan fingerprint density at radius 3 is 2.47 bits per heavy atom. The van der Waals surface area contributed by atoms with E-state index in [9.17, 15) is 0 Å². The van der Waals surface area contributed by atoms with Crippen molar-refractivity contribution in [2.45, 2.75) is 58.7 Å². The summed E-state index contributed by atoms with van der Waals surface area (Å²) < 4.78 is 0. The third-order valence-electron chi connectivity index (χ3n) is 3.83. The number of hydrogen-bond donors (Lipinski definition) is 1. The third kappa shape index (κ3) is 4.94. The van der Waals surface area contributed by atoms with Gasteiger partial charge in [-0.05, 0) is 41.2 Å². The van der Waals surface area contributed by atoms with Gasteiger partial charge in [0.15, 0.2) is 0 Å². The molecule has 0 saturated carbocycles. The summed E-state index contributed by atoms with van der Waals surface area (Å²) in [6.45, 7) is 16.1. The molecule has 1 heterocycles. The maximum absolute atomic E-state index is 3.61. The van der Waals surface area contributed by atoms with Crippen molar-refractivity contribution in [3.63, 3.8) is 0 Å². The maximum atomic E-state index is 3.61. The second-order valence-corrected chi connectivity index (χ2v) is 6.52. The van der Waals surface area contributed by atoms with Gasteiger partial charge in [-0.25, -0.2) is 0 Å². The largest absolute Gasteiger partial charge is 0.311 e. The van der Waals surface area contributed by atoms with Crippen LogP contribution >= 0.6 is 0 Å². The lowest BCUT2D eigenvalue weighted by Crippen LogP contribution is -2.56. The molecule has 3 heteroatoms. The lowest BCUT2D eigenvalue weighted by molar-refractivity contribution is 0.0656. The van der Waals surface area contributed by atoms with Crippen LogP contribution in [0.4, 0.5) is 0 Å². The average molecular weight is 241 g/mol. The molecule has 0 aromatic rings. The zero-order chi connectivity index (χ0) is 13.1. The van der Waals surface area contributed by atoms with Crippen molar-refractivity contribution in [1.82, 2.24) is 15.1 Å². The molecule has 2 atom stereocenters. The molecule has 0 aliphatic carbocycles. The van der Waals surface area contributed by atoms with Crippen LogP contribution in [0.25, 0.3) is 0 Å². The molecule has 0 aromatic carbocycles. The van der Waals surface area contributed by atoms with E-state index in [0.717, 1.165) is 12.6 Å². The first-order valence-corrected chi connectivity index (χ1v) is 7.03. The molecule has 0 bridgehead atoms. The molecule has 1 aliphatic heterocycles. The molecule has 1 rings (SSSR count). The Morgan fingerprint density at radius 2 is 1.94 bits per heavy atom. The highest BCUT2D eigenvalue weighted by Crippen LogP contribution is 2.13. The molecular weight excluding hydrogens is 210 g/mol. The number of nitrogens with zero attached hydrogens (tertiary/aromatic N) is 2. The summed E-state index contributed by atoms with van der Waals surface area (Å²) in [5, 5.41) is 3.61. The average Bonchev–Trinajstić information content (AvgIpc) is 2.25. The van der Waals surface area contributed by atoms with Crippen LogP contribution in [0.2, 0.25) is 0 Å². The minimum absolute atomic E-state index is 0.227. The maximum Gasteiger partial charge on any atom is 0.0218 e. The standard InChI is InChI=1S/C14H31N3/c1-7-13-11-17(9-8-16(13)6)12(2)10-15-14(3,4)5/h12-13,15H,7-11H2,1-6H3. The summed E-state index contributed by atoms with van der Waals surface area (Å²) in [4.78, 5) is 5.13. The van der Waals surface area contributed by atoms with Gasteiger partial charge >= 0.3 is 0 Å². The van der Waals surface area contributed by atoms with Crippen molar-refractivity contribution in [1.29, 1.82) is 0 Å². The molecule has 1 fully saturated rings. The molecular formula is C14H31N3. The van der Waals surface area contributed by atoms with Gasteiger partial charge in [0, 0.05) is 43.8 Å². The van der Waals surface area contributed by atoms with Gasteiger partial charge in [0.05, 0.1) is 0 Å². The number of likely N-dealkylation sites (N-methyl/N-ethyl adjacent to an activating group) is 1. The van der Waals surface area contributed by atoms with Gasteiger partial charge in [0.25, 0.3) is 0 Å². The highest BCUT2D eigenvalue weighted by molar-refractivity contribution is 4.84. The second kappa shape index (κ2) is 6.17. The summed E-state index contributed by atoms with van der Waals surface area (Å²) in [7, 11) is 2.25. The summed E-state index contributed by atoms with van der Waals surface area (Å²) in [6, 6.07) is 1.37. The van der Waals surface area contributed by atoms with Gasteiger partial charge in [-0.3, -0.25) is 4.90 Å². The number of piperazine rings is 1. The number of nitrogens with one attached hydrogen (secondary N) is 1. The van der Waals surface area contributed by atoms with Crippen molar-refractivity contribution < 1.29 is 0 Å². The molecule has 102 valence electrons. The van der Waals surface area contributed by atoms with Gasteiger partial charge in [-0.1, -0.05) is 6.92 Å². The SMILES string of the molecule is CCC1CN(C(C)CNC(C)(C)C)CCN1C. The lowest BCUT2D eigenvalue weighted by atomic mass is 10.1. The molecule has 0 radical (unpaired) electrons. The Labute approximate surface area is 108 Å². The predicted octanol–water partition coefficient (Wildman–Crippen LogP) is 1.79. The first-order valence-electron chi connectivity index (χ1n) is 7.03. The molecule has 1 saturated heterocycles. The first kappa shape index (κ1) is 14.9. The zero-order valence-corrected chi connectivity index (χ0v) is 12.6. The first-order chi connectivity index (χ1) is 7.83. The summed E-state index contributed by atoms with van der Waals surface area (Å²) in [5.41, 5.74) is 0.227. The Balaban J connectivity index is 2.39. The molecule has 2 unspecified atom stereocenters. The fourth-order valence-electron chi connectivity index (χ4n) is 2.39. The van der Waals surface area contributed by atoms with Gasteiger partial charge in [0.1, 0.15) is 0 Å². The van der Waals surface area contributed by atoms with E-state index in [0.29, 0.717) is 6.04 Å². The quantitative estimate of drug-likeness (QED) is 0.809. The zero-order valence-electron chi connectivity index (χ0n) is 12.6. The van der Waals surface area contributed by atoms with E-state index < -0.39 is 0 Å². The van der Waals surface area contributed by atoms with E-state index in [1.54, 1.807) is 0 Å². The van der Waals surface area contributed by atoms with Gasteiger partial charge < -0.3 is 10.2 Å². The van der Waals surface area contributed by atoms with E-state index >= 15 is 0 Å². The smallest absolute Gasteiger partial charge is 0.0218 e. The number of rotatable bonds is 4. The van der Waals surface area contributed by atoms with Gasteiger partial charge in [-0.15, -0.1) is 0 Å². The van der Waals surface area contributed by atoms with Crippen LogP contribution in [0.1, 0.15) is 41.0 Å². The Bertz CT molecular complexity index is 222. The molecule has 1 aliphatic rings. The van der Waals surface area contributed by atoms with Crippen LogP contribution in [0.5, 0.6) is 0 Å². The van der Waals surface area contributed by atoms with Crippen LogP contribution < -0.4 is 5.32 Å². The normalized spacial score (nSPS) is 26.1. The fourth-order valence-corrected chi connectivity index (χ4v) is 2.39. The van der Waals surface area contributed by atoms with Crippen LogP contribution in [0.3, 0.4) is 0 Å². The van der Waals surface area contributed by atoms with Gasteiger partial charge in [-0.2, -0.15) is 0 Å². The Hall–Kier alpha value is -0.120. The molecule has 0 aromatic heterocycles. The van der Waals surface area contributed by atoms with Crippen LogP contribution in [-0.2, 0) is 0 Å². The minimum Gasteiger partial charge on any atom is -0.311 e. The number of hydrogen-bond acceptors (Lipinski definition) is 3. The molecule has 0 amide bonds. The summed E-state index contributed by atoms with van der Waals surface area (Å²) in [5.74, 6) is 0. The fraction of sp³-hybridized carbons (Fsp3) is 1.00.